The zero-order chi connectivity index (χ0) is 16.8. The van der Waals surface area contributed by atoms with E-state index in [1.807, 2.05) is 19.9 Å². The molecule has 0 aliphatic carbocycles. The van der Waals surface area contributed by atoms with E-state index in [9.17, 15) is 10.1 Å². The van der Waals surface area contributed by atoms with Crippen LogP contribution >= 0.6 is 11.8 Å². The highest BCUT2D eigenvalue weighted by Gasteiger charge is 2.09. The van der Waals surface area contributed by atoms with Gasteiger partial charge in [0.05, 0.1) is 17.7 Å². The number of pyridine rings is 1. The van der Waals surface area contributed by atoms with Crippen LogP contribution in [0.5, 0.6) is 5.75 Å². The van der Waals surface area contributed by atoms with Crippen molar-refractivity contribution < 1.29 is 14.6 Å². The van der Waals surface area contributed by atoms with Gasteiger partial charge in [0.1, 0.15) is 16.8 Å². The smallest absolute Gasteiger partial charge is 0.335 e. The average molecular weight is 328 g/mol. The van der Waals surface area contributed by atoms with E-state index in [-0.39, 0.29) is 5.56 Å². The lowest BCUT2D eigenvalue weighted by Gasteiger charge is -2.08. The molecular formula is C17H16N2O3S. The van der Waals surface area contributed by atoms with Crippen LogP contribution in [0.1, 0.15) is 27.2 Å². The molecule has 0 aliphatic rings. The van der Waals surface area contributed by atoms with Gasteiger partial charge in [0, 0.05) is 11.4 Å². The third kappa shape index (κ3) is 4.47. The maximum atomic E-state index is 10.8. The van der Waals surface area contributed by atoms with Crippen molar-refractivity contribution in [3.63, 3.8) is 0 Å². The Morgan fingerprint density at radius 1 is 1.35 bits per heavy atom. The van der Waals surface area contributed by atoms with Gasteiger partial charge >= 0.3 is 5.97 Å². The molecule has 0 spiro atoms. The van der Waals surface area contributed by atoms with Crippen LogP contribution in [0.2, 0.25) is 0 Å². The fourth-order valence-corrected chi connectivity index (χ4v) is 2.95. The third-order valence-electron chi connectivity index (χ3n) is 3.12. The number of carbonyl (C=O) groups is 1. The highest BCUT2D eigenvalue weighted by molar-refractivity contribution is 7.99. The number of rotatable bonds is 6. The molecule has 0 radical (unpaired) electrons. The predicted molar refractivity (Wildman–Crippen MR) is 88.0 cm³/mol. The van der Waals surface area contributed by atoms with Crippen molar-refractivity contribution in [1.82, 2.24) is 4.98 Å². The first-order valence-electron chi connectivity index (χ1n) is 6.98. The second-order valence-corrected chi connectivity index (χ2v) is 5.98. The van der Waals surface area contributed by atoms with Crippen molar-refractivity contribution in [2.24, 2.45) is 0 Å². The largest absolute Gasteiger partial charge is 0.493 e. The quantitative estimate of drug-likeness (QED) is 0.646. The first-order valence-corrected chi connectivity index (χ1v) is 7.97. The second kappa shape index (κ2) is 7.65. The summed E-state index contributed by atoms with van der Waals surface area (Å²) in [6.07, 6.45) is 0. The molecular weight excluding hydrogens is 312 g/mol. The molecule has 5 nitrogen and oxygen atoms in total. The van der Waals surface area contributed by atoms with Gasteiger partial charge in [-0.15, -0.1) is 11.8 Å². The zero-order valence-electron chi connectivity index (χ0n) is 12.9. The Hall–Kier alpha value is -2.52. The number of hydrogen-bond donors (Lipinski definition) is 1. The van der Waals surface area contributed by atoms with Crippen molar-refractivity contribution in [3.05, 3.63) is 52.7 Å². The van der Waals surface area contributed by atoms with Crippen LogP contribution in [0.4, 0.5) is 0 Å². The van der Waals surface area contributed by atoms with Gasteiger partial charge in [-0.25, -0.2) is 9.78 Å². The number of thioether (sulfide) groups is 1. The van der Waals surface area contributed by atoms with E-state index in [2.05, 4.69) is 11.1 Å². The molecule has 23 heavy (non-hydrogen) atoms. The Bertz CT molecular complexity index is 752. The number of aryl methyl sites for hydroxylation is 2. The monoisotopic (exact) mass is 328 g/mol. The first kappa shape index (κ1) is 16.8. The van der Waals surface area contributed by atoms with Gasteiger partial charge in [-0.1, -0.05) is 0 Å². The van der Waals surface area contributed by atoms with Crippen molar-refractivity contribution in [2.45, 2.75) is 18.9 Å². The number of hydrogen-bond acceptors (Lipinski definition) is 5. The summed E-state index contributed by atoms with van der Waals surface area (Å²) in [5.41, 5.74) is 2.64. The minimum Gasteiger partial charge on any atom is -0.493 e. The number of aromatic carboxylic acids is 1. The minimum absolute atomic E-state index is 0.227. The SMILES string of the molecule is Cc1cc(C)c(C#N)c(SCCOc2ccc(C(=O)O)cc2)n1. The normalized spacial score (nSPS) is 10.1. The number of nitrogens with zero attached hydrogens (tertiary/aromatic N) is 2. The van der Waals surface area contributed by atoms with Crippen molar-refractivity contribution in [3.8, 4) is 11.8 Å². The topological polar surface area (TPSA) is 83.2 Å². The van der Waals surface area contributed by atoms with Gasteiger partial charge in [0.25, 0.3) is 0 Å². The molecule has 0 saturated carbocycles. The second-order valence-electron chi connectivity index (χ2n) is 4.90. The van der Waals surface area contributed by atoms with Crippen LogP contribution in [0.25, 0.3) is 0 Å². The Morgan fingerprint density at radius 2 is 2.04 bits per heavy atom. The number of nitriles is 1. The number of carboxylic acids is 1. The van der Waals surface area contributed by atoms with E-state index in [0.717, 1.165) is 16.3 Å². The molecule has 0 saturated heterocycles. The van der Waals surface area contributed by atoms with Crippen LogP contribution in [0, 0.1) is 25.2 Å². The summed E-state index contributed by atoms with van der Waals surface area (Å²) in [5, 5.41) is 18.8. The molecule has 0 amide bonds. The van der Waals surface area contributed by atoms with Gasteiger partial charge in [0.2, 0.25) is 0 Å². The van der Waals surface area contributed by atoms with Crippen molar-refractivity contribution >= 4 is 17.7 Å². The van der Waals surface area contributed by atoms with E-state index in [0.29, 0.717) is 23.7 Å². The Balaban J connectivity index is 1.91. The molecule has 2 rings (SSSR count). The fraction of sp³-hybridized carbons (Fsp3) is 0.235. The van der Waals surface area contributed by atoms with Crippen LogP contribution in [0.3, 0.4) is 0 Å². The lowest BCUT2D eigenvalue weighted by Crippen LogP contribution is -2.02. The molecule has 2 aromatic rings. The molecule has 1 aromatic heterocycles. The van der Waals surface area contributed by atoms with E-state index < -0.39 is 5.97 Å². The summed E-state index contributed by atoms with van der Waals surface area (Å²) >= 11 is 1.47. The molecule has 0 atom stereocenters. The molecule has 1 aromatic carbocycles. The predicted octanol–water partition coefficient (Wildman–Crippen LogP) is 3.44. The first-order chi connectivity index (χ1) is 11.0. The van der Waals surface area contributed by atoms with E-state index in [1.165, 1.54) is 23.9 Å². The molecule has 6 heteroatoms. The van der Waals surface area contributed by atoms with Gasteiger partial charge in [-0.2, -0.15) is 5.26 Å². The minimum atomic E-state index is -0.961. The van der Waals surface area contributed by atoms with Crippen LogP contribution in [-0.4, -0.2) is 28.4 Å². The maximum Gasteiger partial charge on any atom is 0.335 e. The molecule has 0 bridgehead atoms. The van der Waals surface area contributed by atoms with E-state index in [4.69, 9.17) is 9.84 Å². The molecule has 1 N–H and O–H groups in total. The third-order valence-corrected chi connectivity index (χ3v) is 4.06. The fourth-order valence-electron chi connectivity index (χ4n) is 2.03. The lowest BCUT2D eigenvalue weighted by molar-refractivity contribution is 0.0697. The Labute approximate surface area is 138 Å². The van der Waals surface area contributed by atoms with Crippen molar-refractivity contribution in [1.29, 1.82) is 5.26 Å². The summed E-state index contributed by atoms with van der Waals surface area (Å²) in [6.45, 7) is 4.24. The van der Waals surface area contributed by atoms with E-state index >= 15 is 0 Å². The zero-order valence-corrected chi connectivity index (χ0v) is 13.7. The Kier molecular flexibility index (Phi) is 5.61. The molecule has 0 aliphatic heterocycles. The standard InChI is InChI=1S/C17H16N2O3S/c1-11-9-12(2)19-16(15(11)10-18)23-8-7-22-14-5-3-13(4-6-14)17(20)21/h3-6,9H,7-8H2,1-2H3,(H,20,21). The number of benzene rings is 1. The molecule has 0 unspecified atom stereocenters. The number of aromatic nitrogens is 1. The van der Waals surface area contributed by atoms with Gasteiger partial charge < -0.3 is 9.84 Å². The van der Waals surface area contributed by atoms with Crippen LogP contribution < -0.4 is 4.74 Å². The molecule has 0 fully saturated rings. The van der Waals surface area contributed by atoms with Gasteiger partial charge in [0.15, 0.2) is 0 Å². The summed E-state index contributed by atoms with van der Waals surface area (Å²) < 4.78 is 5.57. The molecule has 118 valence electrons. The Morgan fingerprint density at radius 3 is 2.65 bits per heavy atom. The van der Waals surface area contributed by atoms with Gasteiger partial charge in [-0.05, 0) is 49.7 Å². The van der Waals surface area contributed by atoms with Crippen molar-refractivity contribution in [2.75, 3.05) is 12.4 Å². The molecule has 1 heterocycles. The summed E-state index contributed by atoms with van der Waals surface area (Å²) in [4.78, 5) is 15.2. The number of ether oxygens (including phenoxy) is 1. The number of carboxylic acid groups (broad SMARTS) is 1. The van der Waals surface area contributed by atoms with Gasteiger partial charge in [-0.3, -0.25) is 0 Å². The summed E-state index contributed by atoms with van der Waals surface area (Å²) in [7, 11) is 0. The highest BCUT2D eigenvalue weighted by Crippen LogP contribution is 2.23. The average Bonchev–Trinajstić information content (AvgIpc) is 2.51. The van der Waals surface area contributed by atoms with Crippen LogP contribution in [0.15, 0.2) is 35.4 Å². The lowest BCUT2D eigenvalue weighted by atomic mass is 10.1. The van der Waals surface area contributed by atoms with Crippen LogP contribution in [-0.2, 0) is 0 Å². The summed E-state index contributed by atoms with van der Waals surface area (Å²) in [6, 6.07) is 10.3. The van der Waals surface area contributed by atoms with E-state index in [1.54, 1.807) is 12.1 Å². The maximum absolute atomic E-state index is 10.8. The highest BCUT2D eigenvalue weighted by atomic mass is 32.2. The summed E-state index contributed by atoms with van der Waals surface area (Å²) in [5.74, 6) is 0.298.